The molecule has 7 heteroatoms. The van der Waals surface area contributed by atoms with E-state index in [1.54, 1.807) is 6.08 Å². The van der Waals surface area contributed by atoms with Crippen molar-refractivity contribution in [3.8, 4) is 0 Å². The minimum Gasteiger partial charge on any atom is -0.364 e. The van der Waals surface area contributed by atoms with Crippen molar-refractivity contribution in [3.63, 3.8) is 0 Å². The summed E-state index contributed by atoms with van der Waals surface area (Å²) in [5, 5.41) is -0.266. The second-order valence-electron chi connectivity index (χ2n) is 12.0. The third kappa shape index (κ3) is 2.82. The molecule has 36 heavy (non-hydrogen) atoms. The van der Waals surface area contributed by atoms with E-state index in [-0.39, 0.29) is 53.4 Å². The Morgan fingerprint density at radius 2 is 2.00 bits per heavy atom. The van der Waals surface area contributed by atoms with E-state index in [4.69, 9.17) is 4.74 Å². The van der Waals surface area contributed by atoms with Crippen LogP contribution in [0.25, 0.3) is 0 Å². The highest BCUT2D eigenvalue weighted by atomic mass is 32.2. The molecule has 1 aliphatic heterocycles. The lowest BCUT2D eigenvalue weighted by Gasteiger charge is -2.57. The van der Waals surface area contributed by atoms with Gasteiger partial charge in [0.05, 0.1) is 11.5 Å². The Hall–Kier alpha value is -1.86. The van der Waals surface area contributed by atoms with Crippen LogP contribution in [0.15, 0.2) is 47.6 Å². The van der Waals surface area contributed by atoms with Crippen molar-refractivity contribution in [2.75, 3.05) is 6.01 Å². The Balaban J connectivity index is 1.44. The van der Waals surface area contributed by atoms with Crippen LogP contribution in [-0.2, 0) is 19.1 Å². The molecular weight excluding hydrogens is 482 g/mol. The van der Waals surface area contributed by atoms with Crippen molar-refractivity contribution in [1.29, 1.82) is 0 Å². The fourth-order valence-electron chi connectivity index (χ4n) is 9.16. The molecule has 0 N–H and O–H groups in total. The molecule has 1 saturated heterocycles. The van der Waals surface area contributed by atoms with Crippen LogP contribution in [0, 0.1) is 34.0 Å². The Labute approximate surface area is 214 Å². The maximum atomic E-state index is 15.8. The molecule has 1 heterocycles. The first-order chi connectivity index (χ1) is 17.0. The predicted molar refractivity (Wildman–Crippen MR) is 133 cm³/mol. The minimum absolute atomic E-state index is 0.0445. The second kappa shape index (κ2) is 7.83. The molecule has 0 aromatic carbocycles. The summed E-state index contributed by atoms with van der Waals surface area (Å²) in [6.45, 7) is 6.05. The van der Waals surface area contributed by atoms with Crippen molar-refractivity contribution in [2.45, 2.75) is 70.8 Å². The van der Waals surface area contributed by atoms with Gasteiger partial charge >= 0.3 is 0 Å². The molecule has 0 bridgehead atoms. The maximum absolute atomic E-state index is 15.8. The van der Waals surface area contributed by atoms with E-state index in [9.17, 15) is 18.8 Å². The number of allylic oxidation sites excluding steroid dienone is 6. The second-order valence-corrected chi connectivity index (χ2v) is 12.9. The number of carbonyl (C=O) groups excluding carboxylic acids is 3. The summed E-state index contributed by atoms with van der Waals surface area (Å²) in [6.07, 6.45) is 10.9. The Morgan fingerprint density at radius 1 is 1.22 bits per heavy atom. The van der Waals surface area contributed by atoms with Crippen molar-refractivity contribution in [2.24, 2.45) is 34.0 Å². The molecule has 0 aromatic rings. The molecule has 4 fully saturated rings. The molecule has 1 spiro atoms. The number of rotatable bonds is 5. The van der Waals surface area contributed by atoms with Gasteiger partial charge in [0, 0.05) is 11.8 Å². The number of hydrogen-bond donors (Lipinski definition) is 0. The monoisotopic (exact) mass is 514 g/mol. The first-order valence-electron chi connectivity index (χ1n) is 12.9. The molecule has 0 aromatic heterocycles. The molecule has 4 nitrogen and oxygen atoms in total. The van der Waals surface area contributed by atoms with Crippen LogP contribution < -0.4 is 0 Å². The summed E-state index contributed by atoms with van der Waals surface area (Å²) in [5.74, 6) is -0.631. The number of halogens is 2. The Morgan fingerprint density at radius 3 is 2.69 bits per heavy atom. The first kappa shape index (κ1) is 24.5. The van der Waals surface area contributed by atoms with Crippen LogP contribution in [0.3, 0.4) is 0 Å². The van der Waals surface area contributed by atoms with E-state index in [1.165, 1.54) is 12.2 Å². The van der Waals surface area contributed by atoms with E-state index in [1.807, 2.05) is 32.1 Å². The summed E-state index contributed by atoms with van der Waals surface area (Å²) in [7, 11) is 0. The molecule has 6 rings (SSSR count). The summed E-state index contributed by atoms with van der Waals surface area (Å²) in [5.41, 5.74) is -1.84. The minimum atomic E-state index is -1.27. The van der Waals surface area contributed by atoms with Gasteiger partial charge in [-0.05, 0) is 79.1 Å². The number of fused-ring (bicyclic) bond motifs is 3. The van der Waals surface area contributed by atoms with Gasteiger partial charge in [0.2, 0.25) is 0 Å². The number of ether oxygens (including phenoxy) is 1. The highest BCUT2D eigenvalue weighted by Gasteiger charge is 2.82. The molecule has 0 radical (unpaired) electrons. The lowest BCUT2D eigenvalue weighted by molar-refractivity contribution is -0.140. The summed E-state index contributed by atoms with van der Waals surface area (Å²) >= 11 is 0.665. The summed E-state index contributed by atoms with van der Waals surface area (Å²) in [6, 6.07) is -0.836. The number of hydrogen-bond acceptors (Lipinski definition) is 5. The van der Waals surface area contributed by atoms with Crippen molar-refractivity contribution in [1.82, 2.24) is 0 Å². The van der Waals surface area contributed by atoms with Crippen LogP contribution >= 0.6 is 11.8 Å². The van der Waals surface area contributed by atoms with Crippen LogP contribution in [0.5, 0.6) is 0 Å². The van der Waals surface area contributed by atoms with Crippen LogP contribution in [0.2, 0.25) is 0 Å². The predicted octanol–water partition coefficient (Wildman–Crippen LogP) is 5.64. The van der Waals surface area contributed by atoms with Gasteiger partial charge in [0.15, 0.2) is 16.7 Å². The lowest BCUT2D eigenvalue weighted by Crippen LogP contribution is -2.61. The first-order valence-corrected chi connectivity index (χ1v) is 13.9. The number of epoxide rings is 1. The van der Waals surface area contributed by atoms with Gasteiger partial charge in [-0.1, -0.05) is 49.9 Å². The quantitative estimate of drug-likeness (QED) is 0.445. The van der Waals surface area contributed by atoms with Gasteiger partial charge in [-0.3, -0.25) is 14.4 Å². The van der Waals surface area contributed by atoms with Gasteiger partial charge in [-0.2, -0.15) is 0 Å². The average Bonchev–Trinajstić information content (AvgIpc) is 3.20. The fourth-order valence-corrected chi connectivity index (χ4v) is 10.0. The maximum Gasteiger partial charge on any atom is 0.198 e. The van der Waals surface area contributed by atoms with E-state index in [0.29, 0.717) is 42.2 Å². The molecule has 2 unspecified atom stereocenters. The van der Waals surface area contributed by atoms with Crippen molar-refractivity contribution < 1.29 is 27.9 Å². The highest BCUT2D eigenvalue weighted by molar-refractivity contribution is 8.13. The third-order valence-electron chi connectivity index (χ3n) is 10.9. The van der Waals surface area contributed by atoms with Gasteiger partial charge in [-0.15, -0.1) is 0 Å². The largest absolute Gasteiger partial charge is 0.364 e. The molecule has 192 valence electrons. The number of thioether (sulfide) groups is 1. The Kier molecular flexibility index (Phi) is 5.32. The SMILES string of the molecule is C[C@@H]1CC2C3C[C@H](F)C4=CC(=O)C=C[C@]4(C)[C@@]34O[C@H]4C[C@]2(C)[C@@]1(CC(=O)C1=CC=CC1)C(=O)SCF. The normalized spacial score (nSPS) is 47.9. The van der Waals surface area contributed by atoms with Gasteiger partial charge in [-0.25, -0.2) is 8.78 Å². The topological polar surface area (TPSA) is 63.7 Å². The molecule has 9 atom stereocenters. The Bertz CT molecular complexity index is 1190. The lowest BCUT2D eigenvalue weighted by atomic mass is 9.45. The van der Waals surface area contributed by atoms with Gasteiger partial charge in [0.25, 0.3) is 0 Å². The zero-order valence-corrected chi connectivity index (χ0v) is 21.7. The van der Waals surface area contributed by atoms with Gasteiger partial charge in [0.1, 0.15) is 17.8 Å². The molecule has 6 aliphatic rings. The number of carbonyl (C=O) groups is 3. The smallest absolute Gasteiger partial charge is 0.198 e. The van der Waals surface area contributed by atoms with E-state index in [0.717, 1.165) is 0 Å². The van der Waals surface area contributed by atoms with E-state index < -0.39 is 34.0 Å². The number of ketones is 2. The number of Topliss-reactive ketones (excluding diaryl/α,β-unsaturated/α-hetero) is 1. The fraction of sp³-hybridized carbons (Fsp3) is 0.621. The molecule has 3 saturated carbocycles. The van der Waals surface area contributed by atoms with E-state index >= 15 is 4.39 Å². The third-order valence-corrected chi connectivity index (χ3v) is 11.6. The van der Waals surface area contributed by atoms with E-state index in [2.05, 4.69) is 6.92 Å². The molecule has 0 amide bonds. The standard InChI is InChI=1S/C29H32F2O4S/c1-16-10-19-20-12-22(31)21-11-18(32)8-9-26(21,2)29(20)24(35-29)14-27(19,3)28(16,25(34)36-15-30)13-23(33)17-6-4-5-7-17/h4-6,8-9,11,16,19-20,22,24H,7,10,12-15H2,1-3H3/t16-,19?,20?,22+,24+,26+,27+,28-,29-/m1/s1. The van der Waals surface area contributed by atoms with Crippen LogP contribution in [-0.4, -0.2) is 40.6 Å². The zero-order chi connectivity index (χ0) is 25.7. The molecular formula is C29H32F2O4S. The molecule has 5 aliphatic carbocycles. The van der Waals surface area contributed by atoms with Crippen LogP contribution in [0.1, 0.15) is 52.9 Å². The average molecular weight is 515 g/mol. The highest BCUT2D eigenvalue weighted by Crippen LogP contribution is 2.79. The number of alkyl halides is 2. The van der Waals surface area contributed by atoms with Gasteiger partial charge < -0.3 is 4.74 Å². The summed E-state index contributed by atoms with van der Waals surface area (Å²) < 4.78 is 35.9. The summed E-state index contributed by atoms with van der Waals surface area (Å²) in [4.78, 5) is 39.4. The zero-order valence-electron chi connectivity index (χ0n) is 20.9. The van der Waals surface area contributed by atoms with Crippen molar-refractivity contribution >= 4 is 28.4 Å². The van der Waals surface area contributed by atoms with Crippen LogP contribution in [0.4, 0.5) is 8.78 Å². The van der Waals surface area contributed by atoms with Crippen molar-refractivity contribution in [3.05, 3.63) is 47.6 Å².